The van der Waals surface area contributed by atoms with Crippen molar-refractivity contribution in [2.75, 3.05) is 0 Å². The number of hydrogen-bond acceptors (Lipinski definition) is 1. The van der Waals surface area contributed by atoms with Gasteiger partial charge in [-0.15, -0.1) is 0 Å². The van der Waals surface area contributed by atoms with Crippen LogP contribution in [0.1, 0.15) is 16.9 Å². The maximum Gasteiger partial charge on any atom is 0.278 e. The van der Waals surface area contributed by atoms with Crippen molar-refractivity contribution in [3.8, 4) is 0 Å². The maximum absolute atomic E-state index is 11.8. The smallest absolute Gasteiger partial charge is 0.278 e. The lowest BCUT2D eigenvalue weighted by Gasteiger charge is -2.14. The Morgan fingerprint density at radius 2 is 2.14 bits per heavy atom. The lowest BCUT2D eigenvalue weighted by Crippen LogP contribution is -2.21. The van der Waals surface area contributed by atoms with Gasteiger partial charge in [-0.1, -0.05) is 12.2 Å². The number of allylic oxidation sites excluding steroid dienone is 2. The first-order valence-electron chi connectivity index (χ1n) is 4.27. The summed E-state index contributed by atoms with van der Waals surface area (Å²) in [5.41, 5.74) is 0.577. The van der Waals surface area contributed by atoms with Crippen LogP contribution in [0, 0.1) is 0 Å². The summed E-state index contributed by atoms with van der Waals surface area (Å²) in [7, 11) is 0. The van der Waals surface area contributed by atoms with Gasteiger partial charge in [-0.25, -0.2) is 0 Å². The van der Waals surface area contributed by atoms with E-state index in [1.54, 1.807) is 29.6 Å². The fourth-order valence-corrected chi connectivity index (χ4v) is 1.59. The van der Waals surface area contributed by atoms with Gasteiger partial charge in [0.1, 0.15) is 5.69 Å². The van der Waals surface area contributed by atoms with Crippen molar-refractivity contribution in [2.45, 2.75) is 6.42 Å². The summed E-state index contributed by atoms with van der Waals surface area (Å²) in [4.78, 5) is 16.2. The predicted octanol–water partition coefficient (Wildman–Crippen LogP) is 2.65. The van der Waals surface area contributed by atoms with Gasteiger partial charge in [-0.05, 0) is 28.4 Å². The monoisotopic (exact) mass is 252 g/mol. The number of aromatic nitrogens is 1. The molecule has 2 rings (SSSR count). The molecule has 0 saturated carbocycles. The quantitative estimate of drug-likeness (QED) is 0.820. The summed E-state index contributed by atoms with van der Waals surface area (Å²) in [6.45, 7) is 0. The second-order valence-corrected chi connectivity index (χ2v) is 3.86. The minimum Gasteiger partial charge on any atom is -0.356 e. The molecule has 1 aliphatic heterocycles. The topological polar surface area (TPSA) is 36.1 Å². The number of H-pyrrole nitrogens is 1. The van der Waals surface area contributed by atoms with E-state index in [1.807, 2.05) is 12.2 Å². The van der Waals surface area contributed by atoms with Gasteiger partial charge in [0.05, 0.1) is 0 Å². The molecule has 1 aromatic heterocycles. The number of nitrogens with zero attached hydrogens (tertiary/aromatic N) is 1. The van der Waals surface area contributed by atoms with E-state index in [1.165, 1.54) is 0 Å². The first-order valence-corrected chi connectivity index (χ1v) is 5.06. The van der Waals surface area contributed by atoms with Crippen LogP contribution in [0.4, 0.5) is 0 Å². The van der Waals surface area contributed by atoms with Crippen molar-refractivity contribution in [2.24, 2.45) is 0 Å². The summed E-state index contributed by atoms with van der Waals surface area (Å²) in [5.74, 6) is -0.0529. The normalized spacial score (nSPS) is 14.8. The van der Waals surface area contributed by atoms with Crippen LogP contribution >= 0.6 is 15.9 Å². The molecule has 4 heteroatoms. The Morgan fingerprint density at radius 1 is 1.43 bits per heavy atom. The molecule has 0 atom stereocenters. The van der Waals surface area contributed by atoms with E-state index in [0.717, 1.165) is 10.9 Å². The van der Waals surface area contributed by atoms with E-state index in [9.17, 15) is 4.79 Å². The van der Waals surface area contributed by atoms with Crippen molar-refractivity contribution in [3.05, 3.63) is 47.0 Å². The number of aromatic amines is 1. The highest BCUT2D eigenvalue weighted by Gasteiger charge is 2.13. The predicted molar refractivity (Wildman–Crippen MR) is 57.6 cm³/mol. The Bertz CT molecular complexity index is 394. The lowest BCUT2D eigenvalue weighted by atomic mass is 10.3. The molecule has 0 unspecified atom stereocenters. The number of carbonyl (C=O) groups is 1. The Balaban J connectivity index is 2.19. The fraction of sp³-hybridized carbons (Fsp3) is 0.100. The summed E-state index contributed by atoms with van der Waals surface area (Å²) in [5, 5.41) is 0. The van der Waals surface area contributed by atoms with E-state index in [0.29, 0.717) is 5.69 Å². The summed E-state index contributed by atoms with van der Waals surface area (Å²) >= 11 is 3.29. The Hall–Kier alpha value is -1.29. The molecule has 72 valence electrons. The van der Waals surface area contributed by atoms with E-state index in [2.05, 4.69) is 20.9 Å². The third-order valence-corrected chi connectivity index (χ3v) is 2.37. The molecule has 0 fully saturated rings. The van der Waals surface area contributed by atoms with Crippen LogP contribution in [0.2, 0.25) is 0 Å². The third kappa shape index (κ3) is 1.80. The molecule has 1 aromatic rings. The van der Waals surface area contributed by atoms with Crippen LogP contribution in [0.25, 0.3) is 0 Å². The molecule has 0 spiro atoms. The Labute approximate surface area is 90.2 Å². The first-order chi connectivity index (χ1) is 6.77. The van der Waals surface area contributed by atoms with E-state index < -0.39 is 0 Å². The number of amides is 1. The highest BCUT2D eigenvalue weighted by Crippen LogP contribution is 2.14. The molecule has 0 saturated heterocycles. The molecule has 14 heavy (non-hydrogen) atoms. The van der Waals surface area contributed by atoms with Gasteiger partial charge >= 0.3 is 0 Å². The molecule has 0 radical (unpaired) electrons. The Kier molecular flexibility index (Phi) is 2.54. The van der Waals surface area contributed by atoms with Crippen molar-refractivity contribution in [1.29, 1.82) is 0 Å². The first kappa shape index (κ1) is 9.27. The van der Waals surface area contributed by atoms with Gasteiger partial charge in [0.25, 0.3) is 5.91 Å². The molecule has 0 aliphatic carbocycles. The van der Waals surface area contributed by atoms with Gasteiger partial charge < -0.3 is 4.98 Å². The molecular weight excluding hydrogens is 244 g/mol. The van der Waals surface area contributed by atoms with Gasteiger partial charge in [0.15, 0.2) is 0 Å². The minimum atomic E-state index is -0.0529. The number of carbonyl (C=O) groups excluding carboxylic acids is 1. The van der Waals surface area contributed by atoms with Crippen LogP contribution < -0.4 is 0 Å². The highest BCUT2D eigenvalue weighted by molar-refractivity contribution is 9.10. The lowest BCUT2D eigenvalue weighted by molar-refractivity contribution is 0.0863. The molecule has 1 aliphatic rings. The second-order valence-electron chi connectivity index (χ2n) is 2.95. The third-order valence-electron chi connectivity index (χ3n) is 1.92. The van der Waals surface area contributed by atoms with Crippen LogP contribution in [0.5, 0.6) is 0 Å². The molecule has 2 heterocycles. The van der Waals surface area contributed by atoms with Crippen LogP contribution in [0.3, 0.4) is 0 Å². The van der Waals surface area contributed by atoms with Gasteiger partial charge in [0.2, 0.25) is 0 Å². The average molecular weight is 253 g/mol. The standard InChI is InChI=1S/C10H9BrN2O/c11-8-6-9(12-7-8)10(14)13-4-2-1-3-5-13/h2-7,12H,1H2. The van der Waals surface area contributed by atoms with Crippen molar-refractivity contribution in [1.82, 2.24) is 9.88 Å². The summed E-state index contributed by atoms with van der Waals surface area (Å²) in [6, 6.07) is 1.76. The Morgan fingerprint density at radius 3 is 2.71 bits per heavy atom. The molecule has 1 N–H and O–H groups in total. The SMILES string of the molecule is O=C(c1cc(Br)c[nH]1)N1C=CCC=C1. The van der Waals surface area contributed by atoms with Crippen LogP contribution in [-0.4, -0.2) is 15.8 Å². The van der Waals surface area contributed by atoms with E-state index >= 15 is 0 Å². The van der Waals surface area contributed by atoms with Crippen LogP contribution in [0.15, 0.2) is 41.3 Å². The zero-order valence-corrected chi connectivity index (χ0v) is 8.99. The van der Waals surface area contributed by atoms with Crippen molar-refractivity contribution in [3.63, 3.8) is 0 Å². The number of rotatable bonds is 1. The molecule has 0 bridgehead atoms. The zero-order valence-electron chi connectivity index (χ0n) is 7.40. The molecule has 0 aromatic carbocycles. The molecule has 1 amide bonds. The second kappa shape index (κ2) is 3.84. The van der Waals surface area contributed by atoms with E-state index in [-0.39, 0.29) is 5.91 Å². The van der Waals surface area contributed by atoms with Gasteiger partial charge in [-0.2, -0.15) is 0 Å². The van der Waals surface area contributed by atoms with E-state index in [4.69, 9.17) is 0 Å². The summed E-state index contributed by atoms with van der Waals surface area (Å²) in [6.07, 6.45) is 10.1. The minimum absolute atomic E-state index is 0.0529. The highest BCUT2D eigenvalue weighted by atomic mass is 79.9. The van der Waals surface area contributed by atoms with Crippen molar-refractivity contribution >= 4 is 21.8 Å². The number of halogens is 1. The average Bonchev–Trinajstić information content (AvgIpc) is 2.65. The number of hydrogen-bond donors (Lipinski definition) is 1. The molecule has 3 nitrogen and oxygen atoms in total. The van der Waals surface area contributed by atoms with Gasteiger partial charge in [0, 0.05) is 23.1 Å². The number of nitrogens with one attached hydrogen (secondary N) is 1. The maximum atomic E-state index is 11.8. The van der Waals surface area contributed by atoms with Crippen molar-refractivity contribution < 1.29 is 4.79 Å². The fourth-order valence-electron chi connectivity index (χ4n) is 1.24. The van der Waals surface area contributed by atoms with Gasteiger partial charge in [-0.3, -0.25) is 9.69 Å². The zero-order chi connectivity index (χ0) is 9.97. The molecular formula is C10H9BrN2O. The van der Waals surface area contributed by atoms with Crippen LogP contribution in [-0.2, 0) is 0 Å². The summed E-state index contributed by atoms with van der Waals surface area (Å²) < 4.78 is 0.880. The largest absolute Gasteiger partial charge is 0.356 e.